The smallest absolute Gasteiger partial charge is 0.165 e. The summed E-state index contributed by atoms with van der Waals surface area (Å²) >= 11 is 0. The van der Waals surface area contributed by atoms with Gasteiger partial charge in [0.2, 0.25) is 0 Å². The standard InChI is InChI=1S/C16H20N4O/c1-10-8-15(19-12-7-6-11(17)9-12)20-16(18-10)13-4-2-3-5-14(13)21/h2-5,8,11-12,21H,6-7,9,17H2,1H3,(H,18,19,20)/t11-,12-/m1/s1. The topological polar surface area (TPSA) is 84.1 Å². The Kier molecular flexibility index (Phi) is 3.75. The first-order valence-electron chi connectivity index (χ1n) is 7.28. The molecule has 1 aromatic carbocycles. The first-order valence-corrected chi connectivity index (χ1v) is 7.28. The lowest BCUT2D eigenvalue weighted by atomic mass is 10.2. The zero-order chi connectivity index (χ0) is 14.8. The second-order valence-electron chi connectivity index (χ2n) is 5.65. The van der Waals surface area contributed by atoms with Gasteiger partial charge in [-0.3, -0.25) is 0 Å². The second kappa shape index (κ2) is 5.69. The Bertz CT molecular complexity index is 644. The minimum atomic E-state index is 0.192. The van der Waals surface area contributed by atoms with Gasteiger partial charge in [-0.1, -0.05) is 12.1 Å². The lowest BCUT2D eigenvalue weighted by Gasteiger charge is -2.14. The number of aryl methyl sites for hydroxylation is 1. The maximum Gasteiger partial charge on any atom is 0.165 e. The number of hydrogen-bond acceptors (Lipinski definition) is 5. The molecule has 0 spiro atoms. The van der Waals surface area contributed by atoms with E-state index in [-0.39, 0.29) is 11.8 Å². The number of rotatable bonds is 3. The van der Waals surface area contributed by atoms with Gasteiger partial charge >= 0.3 is 0 Å². The number of para-hydroxylation sites is 1. The lowest BCUT2D eigenvalue weighted by molar-refractivity contribution is 0.477. The number of phenolic OH excluding ortho intramolecular Hbond substituents is 1. The molecule has 5 heteroatoms. The van der Waals surface area contributed by atoms with Crippen LogP contribution in [-0.4, -0.2) is 27.2 Å². The molecule has 4 N–H and O–H groups in total. The Morgan fingerprint density at radius 3 is 2.76 bits per heavy atom. The van der Waals surface area contributed by atoms with Crippen LogP contribution in [-0.2, 0) is 0 Å². The fourth-order valence-electron chi connectivity index (χ4n) is 2.78. The maximum atomic E-state index is 9.95. The van der Waals surface area contributed by atoms with Crippen LogP contribution in [0.2, 0.25) is 0 Å². The van der Waals surface area contributed by atoms with Crippen molar-refractivity contribution in [2.45, 2.75) is 38.3 Å². The Hall–Kier alpha value is -2.14. The van der Waals surface area contributed by atoms with Crippen LogP contribution in [0.25, 0.3) is 11.4 Å². The SMILES string of the molecule is Cc1cc(N[C@@H]2CC[C@@H](N)C2)nc(-c2ccccc2O)n1. The van der Waals surface area contributed by atoms with E-state index in [9.17, 15) is 5.11 Å². The average molecular weight is 284 g/mol. The Labute approximate surface area is 124 Å². The molecule has 1 saturated carbocycles. The van der Waals surface area contributed by atoms with Crippen molar-refractivity contribution in [3.8, 4) is 17.1 Å². The molecule has 1 heterocycles. The quantitative estimate of drug-likeness (QED) is 0.806. The minimum Gasteiger partial charge on any atom is -0.507 e. The third kappa shape index (κ3) is 3.13. The molecule has 21 heavy (non-hydrogen) atoms. The first-order chi connectivity index (χ1) is 10.1. The number of nitrogens with one attached hydrogen (secondary N) is 1. The summed E-state index contributed by atoms with van der Waals surface area (Å²) in [6.07, 6.45) is 3.08. The van der Waals surface area contributed by atoms with E-state index >= 15 is 0 Å². The number of aromatic nitrogens is 2. The molecule has 2 aromatic rings. The second-order valence-corrected chi connectivity index (χ2v) is 5.65. The third-order valence-electron chi connectivity index (χ3n) is 3.82. The summed E-state index contributed by atoms with van der Waals surface area (Å²) < 4.78 is 0. The van der Waals surface area contributed by atoms with Crippen molar-refractivity contribution >= 4 is 5.82 Å². The summed E-state index contributed by atoms with van der Waals surface area (Å²) in [5.41, 5.74) is 7.46. The van der Waals surface area contributed by atoms with Gasteiger partial charge in [-0.2, -0.15) is 0 Å². The molecule has 0 unspecified atom stereocenters. The molecule has 0 aliphatic heterocycles. The molecular weight excluding hydrogens is 264 g/mol. The molecule has 1 aromatic heterocycles. The van der Waals surface area contributed by atoms with Gasteiger partial charge in [0.15, 0.2) is 5.82 Å². The Morgan fingerprint density at radius 1 is 1.24 bits per heavy atom. The van der Waals surface area contributed by atoms with E-state index in [4.69, 9.17) is 5.73 Å². The number of nitrogens with zero attached hydrogens (tertiary/aromatic N) is 2. The highest BCUT2D eigenvalue weighted by molar-refractivity contribution is 5.64. The summed E-state index contributed by atoms with van der Waals surface area (Å²) in [6.45, 7) is 1.93. The highest BCUT2D eigenvalue weighted by atomic mass is 16.3. The van der Waals surface area contributed by atoms with Crippen molar-refractivity contribution in [2.24, 2.45) is 5.73 Å². The van der Waals surface area contributed by atoms with E-state index in [1.54, 1.807) is 12.1 Å². The van der Waals surface area contributed by atoms with Crippen LogP contribution in [0.1, 0.15) is 25.0 Å². The largest absolute Gasteiger partial charge is 0.507 e. The predicted molar refractivity (Wildman–Crippen MR) is 83.1 cm³/mol. The Balaban J connectivity index is 1.88. The van der Waals surface area contributed by atoms with Crippen molar-refractivity contribution in [1.29, 1.82) is 0 Å². The van der Waals surface area contributed by atoms with Gasteiger partial charge in [-0.15, -0.1) is 0 Å². The highest BCUT2D eigenvalue weighted by Gasteiger charge is 2.22. The number of aromatic hydroxyl groups is 1. The van der Waals surface area contributed by atoms with Gasteiger partial charge in [0.1, 0.15) is 11.6 Å². The molecule has 0 radical (unpaired) electrons. The molecule has 0 bridgehead atoms. The number of benzene rings is 1. The molecule has 1 aliphatic carbocycles. The molecule has 0 saturated heterocycles. The zero-order valence-corrected chi connectivity index (χ0v) is 12.1. The summed E-state index contributed by atoms with van der Waals surface area (Å²) in [4.78, 5) is 8.95. The van der Waals surface area contributed by atoms with Gasteiger partial charge in [0, 0.05) is 23.8 Å². The number of nitrogens with two attached hydrogens (primary N) is 1. The van der Waals surface area contributed by atoms with Crippen LogP contribution >= 0.6 is 0 Å². The van der Waals surface area contributed by atoms with Crippen LogP contribution in [0, 0.1) is 6.92 Å². The van der Waals surface area contributed by atoms with Crippen molar-refractivity contribution < 1.29 is 5.11 Å². The Morgan fingerprint density at radius 2 is 2.05 bits per heavy atom. The molecule has 0 amide bonds. The lowest BCUT2D eigenvalue weighted by Crippen LogP contribution is -2.21. The van der Waals surface area contributed by atoms with Crippen LogP contribution in [0.3, 0.4) is 0 Å². The number of hydrogen-bond donors (Lipinski definition) is 3. The monoisotopic (exact) mass is 284 g/mol. The molecule has 5 nitrogen and oxygen atoms in total. The van der Waals surface area contributed by atoms with Crippen LogP contribution in [0.5, 0.6) is 5.75 Å². The van der Waals surface area contributed by atoms with E-state index in [1.165, 1.54) is 0 Å². The van der Waals surface area contributed by atoms with Gasteiger partial charge in [0.05, 0.1) is 5.56 Å². The van der Waals surface area contributed by atoms with Crippen molar-refractivity contribution in [3.05, 3.63) is 36.0 Å². The summed E-state index contributed by atoms with van der Waals surface area (Å²) in [5.74, 6) is 1.52. The van der Waals surface area contributed by atoms with E-state index in [0.717, 1.165) is 30.8 Å². The van der Waals surface area contributed by atoms with Gasteiger partial charge in [-0.05, 0) is 38.3 Å². The van der Waals surface area contributed by atoms with Crippen molar-refractivity contribution in [2.75, 3.05) is 5.32 Å². The minimum absolute atomic E-state index is 0.192. The predicted octanol–water partition coefficient (Wildman–Crippen LogP) is 2.45. The van der Waals surface area contributed by atoms with Crippen molar-refractivity contribution in [3.63, 3.8) is 0 Å². The number of phenols is 1. The highest BCUT2D eigenvalue weighted by Crippen LogP contribution is 2.28. The van der Waals surface area contributed by atoms with E-state index in [1.807, 2.05) is 25.1 Å². The van der Waals surface area contributed by atoms with E-state index < -0.39 is 0 Å². The fourth-order valence-corrected chi connectivity index (χ4v) is 2.78. The zero-order valence-electron chi connectivity index (χ0n) is 12.1. The summed E-state index contributed by atoms with van der Waals surface area (Å²) in [6, 6.07) is 9.68. The number of anilines is 1. The molecule has 1 fully saturated rings. The molecule has 110 valence electrons. The molecular formula is C16H20N4O. The van der Waals surface area contributed by atoms with Crippen molar-refractivity contribution in [1.82, 2.24) is 9.97 Å². The average Bonchev–Trinajstić information content (AvgIpc) is 2.84. The van der Waals surface area contributed by atoms with Crippen LogP contribution in [0.15, 0.2) is 30.3 Å². The molecule has 3 rings (SSSR count). The maximum absolute atomic E-state index is 9.95. The van der Waals surface area contributed by atoms with Crippen LogP contribution < -0.4 is 11.1 Å². The normalized spacial score (nSPS) is 21.4. The third-order valence-corrected chi connectivity index (χ3v) is 3.82. The van der Waals surface area contributed by atoms with E-state index in [0.29, 0.717) is 17.4 Å². The molecule has 2 atom stereocenters. The molecule has 1 aliphatic rings. The van der Waals surface area contributed by atoms with E-state index in [2.05, 4.69) is 15.3 Å². The summed E-state index contributed by atoms with van der Waals surface area (Å²) in [7, 11) is 0. The fraction of sp³-hybridized carbons (Fsp3) is 0.375. The first kappa shape index (κ1) is 13.8. The van der Waals surface area contributed by atoms with Gasteiger partial charge < -0.3 is 16.2 Å². The van der Waals surface area contributed by atoms with Gasteiger partial charge in [0.25, 0.3) is 0 Å². The van der Waals surface area contributed by atoms with Crippen LogP contribution in [0.4, 0.5) is 5.82 Å². The summed E-state index contributed by atoms with van der Waals surface area (Å²) in [5, 5.41) is 13.4. The van der Waals surface area contributed by atoms with Gasteiger partial charge in [-0.25, -0.2) is 9.97 Å².